The van der Waals surface area contributed by atoms with Gasteiger partial charge in [0.2, 0.25) is 6.04 Å². The van der Waals surface area contributed by atoms with Gasteiger partial charge in [0.05, 0.1) is 17.9 Å². The fraction of sp³-hybridized carbons (Fsp3) is 0.625. The van der Waals surface area contributed by atoms with Crippen molar-refractivity contribution in [1.82, 2.24) is 25.4 Å². The topological polar surface area (TPSA) is 182 Å². The highest BCUT2D eigenvalue weighted by Crippen LogP contribution is 2.15. The zero-order valence-electron chi connectivity index (χ0n) is 21.5. The van der Waals surface area contributed by atoms with Crippen molar-refractivity contribution >= 4 is 24.0 Å². The Bertz CT molecular complexity index is 951. The molecule has 0 fully saturated rings. The maximum absolute atomic E-state index is 11.9. The molecule has 1 amide bonds. The molecule has 13 heteroatoms. The molecule has 0 unspecified atom stereocenters. The van der Waals surface area contributed by atoms with Gasteiger partial charge < -0.3 is 30.7 Å². The van der Waals surface area contributed by atoms with Gasteiger partial charge in [0.25, 0.3) is 0 Å². The Kier molecular flexibility index (Phi) is 11.2. The zero-order valence-corrected chi connectivity index (χ0v) is 21.5. The van der Waals surface area contributed by atoms with E-state index in [0.717, 1.165) is 5.56 Å². The van der Waals surface area contributed by atoms with Crippen LogP contribution in [-0.2, 0) is 38.6 Å². The van der Waals surface area contributed by atoms with Crippen LogP contribution in [0, 0.1) is 0 Å². The fourth-order valence-electron chi connectivity index (χ4n) is 3.97. The number of amides is 1. The minimum atomic E-state index is -1.74. The van der Waals surface area contributed by atoms with Crippen LogP contribution >= 0.6 is 0 Å². The van der Waals surface area contributed by atoms with Crippen LogP contribution in [0.5, 0.6) is 0 Å². The molecule has 206 valence electrons. The summed E-state index contributed by atoms with van der Waals surface area (Å²) in [5, 5.41) is 34.2. The van der Waals surface area contributed by atoms with E-state index in [9.17, 15) is 34.5 Å². The second-order valence-electron chi connectivity index (χ2n) is 9.89. The van der Waals surface area contributed by atoms with Crippen molar-refractivity contribution in [2.45, 2.75) is 58.3 Å². The van der Waals surface area contributed by atoms with Crippen molar-refractivity contribution in [2.75, 3.05) is 39.3 Å². The number of rotatable bonds is 9. The number of carboxylic acids is 3. The third-order valence-corrected chi connectivity index (χ3v) is 5.42. The molecule has 0 saturated heterocycles. The van der Waals surface area contributed by atoms with Crippen LogP contribution in [0.15, 0.2) is 12.1 Å². The minimum absolute atomic E-state index is 0.0130. The molecule has 0 atom stereocenters. The average Bonchev–Trinajstić information content (AvgIpc) is 2.73. The average molecular weight is 524 g/mol. The zero-order chi connectivity index (χ0) is 27.6. The number of carbonyl (C=O) groups excluding carboxylic acids is 1. The largest absolute Gasteiger partial charge is 0.480 e. The van der Waals surface area contributed by atoms with Crippen molar-refractivity contribution in [3.63, 3.8) is 0 Å². The Hall–Kier alpha value is -3.29. The summed E-state index contributed by atoms with van der Waals surface area (Å²) in [7, 11) is 0. The molecule has 0 spiro atoms. The van der Waals surface area contributed by atoms with Crippen LogP contribution in [0.3, 0.4) is 0 Å². The second kappa shape index (κ2) is 13.9. The number of aromatic nitrogens is 1. The predicted molar refractivity (Wildman–Crippen MR) is 132 cm³/mol. The third kappa shape index (κ3) is 11.1. The molecule has 2 bridgehead atoms. The monoisotopic (exact) mass is 523 g/mol. The van der Waals surface area contributed by atoms with Crippen molar-refractivity contribution in [3.8, 4) is 0 Å². The lowest BCUT2D eigenvalue weighted by Gasteiger charge is -2.28. The number of nitrogens with zero attached hydrogens (tertiary/aromatic N) is 3. The Morgan fingerprint density at radius 3 is 2.27 bits per heavy atom. The molecule has 0 aromatic carbocycles. The van der Waals surface area contributed by atoms with Gasteiger partial charge >= 0.3 is 24.0 Å². The highest BCUT2D eigenvalue weighted by Gasteiger charge is 2.33. The molecule has 1 aliphatic heterocycles. The number of nitrogens with one attached hydrogen (secondary N) is 2. The number of alkyl carbamates (subject to hydrolysis) is 1. The lowest BCUT2D eigenvalue weighted by Crippen LogP contribution is -2.49. The Morgan fingerprint density at radius 1 is 1.05 bits per heavy atom. The second-order valence-corrected chi connectivity index (χ2v) is 9.89. The third-order valence-electron chi connectivity index (χ3n) is 5.42. The Morgan fingerprint density at radius 2 is 1.68 bits per heavy atom. The first-order valence-electron chi connectivity index (χ1n) is 12.1. The number of hydrogen-bond donors (Lipinski definition) is 5. The summed E-state index contributed by atoms with van der Waals surface area (Å²) in [6, 6.07) is 1.90. The molecule has 0 saturated carbocycles. The van der Waals surface area contributed by atoms with Crippen LogP contribution in [0.4, 0.5) is 4.79 Å². The van der Waals surface area contributed by atoms with Crippen LogP contribution in [0.2, 0.25) is 0 Å². The van der Waals surface area contributed by atoms with Gasteiger partial charge in [0, 0.05) is 45.8 Å². The van der Waals surface area contributed by atoms with Crippen LogP contribution in [-0.4, -0.2) is 105 Å². The van der Waals surface area contributed by atoms with Crippen LogP contribution in [0.1, 0.15) is 44.1 Å². The van der Waals surface area contributed by atoms with E-state index >= 15 is 0 Å². The summed E-state index contributed by atoms with van der Waals surface area (Å²) in [5.41, 5.74) is 1.33. The molecule has 1 aliphatic rings. The smallest absolute Gasteiger partial charge is 0.407 e. The summed E-state index contributed by atoms with van der Waals surface area (Å²) < 4.78 is 5.23. The van der Waals surface area contributed by atoms with E-state index < -0.39 is 35.6 Å². The first-order chi connectivity index (χ1) is 17.3. The van der Waals surface area contributed by atoms with Gasteiger partial charge in [-0.15, -0.1) is 0 Å². The predicted octanol–water partition coefficient (Wildman–Crippen LogP) is 0.369. The lowest BCUT2D eigenvalue weighted by molar-refractivity contribution is -0.157. The number of aryl methyl sites for hydroxylation is 1. The van der Waals surface area contributed by atoms with Gasteiger partial charge in [-0.05, 0) is 51.3 Å². The molecular weight excluding hydrogens is 486 g/mol. The summed E-state index contributed by atoms with van der Waals surface area (Å²) in [6.07, 6.45) is 0.627. The quantitative estimate of drug-likeness (QED) is 0.222. The Balaban J connectivity index is 2.25. The fourth-order valence-corrected chi connectivity index (χ4v) is 3.97. The maximum atomic E-state index is 11.9. The summed E-state index contributed by atoms with van der Waals surface area (Å²) >= 11 is 0. The maximum Gasteiger partial charge on any atom is 0.407 e. The number of carbonyl (C=O) groups is 4. The Labute approximate surface area is 215 Å². The SMILES string of the molecule is CC(C)(C)OC(=O)NCCCc1cc2nc(c1)CN(C(C(=O)O)C(=O)O)CCNCCN(CC(=O)O)C2. The summed E-state index contributed by atoms with van der Waals surface area (Å²) in [4.78, 5) is 54.3. The van der Waals surface area contributed by atoms with Crippen molar-refractivity contribution < 1.29 is 39.2 Å². The summed E-state index contributed by atoms with van der Waals surface area (Å²) in [5.74, 6) is -3.89. The molecular formula is C24H37N5O8. The van der Waals surface area contributed by atoms with Gasteiger partial charge in [0.15, 0.2) is 0 Å². The van der Waals surface area contributed by atoms with Crippen molar-refractivity contribution in [3.05, 3.63) is 29.1 Å². The van der Waals surface area contributed by atoms with Crippen molar-refractivity contribution in [1.29, 1.82) is 0 Å². The molecule has 0 radical (unpaired) electrons. The first-order valence-corrected chi connectivity index (χ1v) is 12.1. The van der Waals surface area contributed by atoms with E-state index in [1.54, 1.807) is 31.7 Å². The van der Waals surface area contributed by atoms with Crippen LogP contribution in [0.25, 0.3) is 0 Å². The van der Waals surface area contributed by atoms with E-state index in [1.807, 2.05) is 6.07 Å². The van der Waals surface area contributed by atoms with Gasteiger partial charge in [-0.3, -0.25) is 19.6 Å². The van der Waals surface area contributed by atoms with Gasteiger partial charge in [-0.1, -0.05) is 0 Å². The van der Waals surface area contributed by atoms with E-state index in [0.29, 0.717) is 50.4 Å². The van der Waals surface area contributed by atoms with Gasteiger partial charge in [-0.2, -0.15) is 0 Å². The van der Waals surface area contributed by atoms with Crippen molar-refractivity contribution in [2.24, 2.45) is 0 Å². The minimum Gasteiger partial charge on any atom is -0.480 e. The van der Waals surface area contributed by atoms with E-state index in [-0.39, 0.29) is 26.2 Å². The number of fused-ring (bicyclic) bond motifs is 2. The molecule has 1 aromatic heterocycles. The van der Waals surface area contributed by atoms with Gasteiger partial charge in [-0.25, -0.2) is 14.4 Å². The number of ether oxygens (including phenoxy) is 1. The van der Waals surface area contributed by atoms with Crippen LogP contribution < -0.4 is 10.6 Å². The standard InChI is InChI=1S/C24H37N5O8/c1-24(2,3)37-23(36)26-6-4-5-16-11-17-13-28(15-19(30)31)9-7-25-8-10-29(14-18(12-16)27-17)20(21(32)33)22(34)35/h11-12,20,25H,4-10,13-15H2,1-3H3,(H,26,36)(H,30,31)(H,32,33)(H,34,35). The van der Waals surface area contributed by atoms with E-state index in [1.165, 1.54) is 4.90 Å². The lowest BCUT2D eigenvalue weighted by atomic mass is 10.1. The molecule has 37 heavy (non-hydrogen) atoms. The molecule has 1 aromatic rings. The molecule has 2 rings (SSSR count). The number of aliphatic carboxylic acids is 3. The highest BCUT2D eigenvalue weighted by molar-refractivity contribution is 5.97. The molecule has 0 aliphatic carbocycles. The number of pyridine rings is 1. The molecule has 5 N–H and O–H groups in total. The number of hydrogen-bond acceptors (Lipinski definition) is 9. The highest BCUT2D eigenvalue weighted by atomic mass is 16.6. The number of carboxylic acid groups (broad SMARTS) is 3. The first kappa shape index (κ1) is 29.9. The molecule has 2 heterocycles. The summed E-state index contributed by atoms with van der Waals surface area (Å²) in [6.45, 7) is 7.08. The van der Waals surface area contributed by atoms with Gasteiger partial charge in [0.1, 0.15) is 5.60 Å². The van der Waals surface area contributed by atoms with E-state index in [4.69, 9.17) is 4.74 Å². The molecule has 13 nitrogen and oxygen atoms in total. The van der Waals surface area contributed by atoms with E-state index in [2.05, 4.69) is 15.6 Å². The normalized spacial score (nSPS) is 15.9.